The van der Waals surface area contributed by atoms with Crippen molar-refractivity contribution in [3.8, 4) is 0 Å². The van der Waals surface area contributed by atoms with E-state index in [9.17, 15) is 15.1 Å². The van der Waals surface area contributed by atoms with E-state index in [4.69, 9.17) is 9.47 Å². The molecule has 0 aliphatic heterocycles. The van der Waals surface area contributed by atoms with Crippen molar-refractivity contribution in [1.29, 1.82) is 0 Å². The van der Waals surface area contributed by atoms with Crippen LogP contribution in [0.15, 0.2) is 60.8 Å². The first-order valence-electron chi connectivity index (χ1n) is 9.57. The van der Waals surface area contributed by atoms with Gasteiger partial charge in [0.25, 0.3) is 0 Å². The standard InChI is InChI=1S/C23H23N3O4/c1-23(2,3)30-22(28)26-15-17(18-11-7-8-12-19(18)26)13-14-29-21(27)20(25-24)16-9-5-4-6-10-16/h4-12,15H,13-14H2,1-3H3. The Kier molecular flexibility index (Phi) is 6.14. The first kappa shape index (κ1) is 21.0. The van der Waals surface area contributed by atoms with Gasteiger partial charge in [-0.1, -0.05) is 36.4 Å². The van der Waals surface area contributed by atoms with Crippen molar-refractivity contribution in [2.75, 3.05) is 6.61 Å². The van der Waals surface area contributed by atoms with Crippen LogP contribution in [0.3, 0.4) is 0 Å². The molecule has 2 aromatic carbocycles. The highest BCUT2D eigenvalue weighted by molar-refractivity contribution is 6.40. The summed E-state index contributed by atoms with van der Waals surface area (Å²) in [6.45, 7) is 5.49. The molecule has 0 amide bonds. The van der Waals surface area contributed by atoms with Crippen LogP contribution in [0.5, 0.6) is 0 Å². The summed E-state index contributed by atoms with van der Waals surface area (Å²) in [5.74, 6) is -0.723. The van der Waals surface area contributed by atoms with Crippen LogP contribution in [-0.2, 0) is 20.7 Å². The van der Waals surface area contributed by atoms with Crippen LogP contribution in [0.2, 0.25) is 0 Å². The number of benzene rings is 2. The van der Waals surface area contributed by atoms with E-state index in [1.54, 1.807) is 36.5 Å². The third kappa shape index (κ3) is 4.82. The minimum atomic E-state index is -0.723. The van der Waals surface area contributed by atoms with Crippen molar-refractivity contribution in [2.24, 2.45) is 0 Å². The molecule has 0 radical (unpaired) electrons. The number of rotatable bonds is 5. The zero-order chi connectivity index (χ0) is 21.7. The van der Waals surface area contributed by atoms with Crippen LogP contribution in [0, 0.1) is 0 Å². The van der Waals surface area contributed by atoms with Gasteiger partial charge in [-0.05, 0) is 44.5 Å². The second-order valence-electron chi connectivity index (χ2n) is 7.72. The molecular formula is C23H23N3O4. The van der Waals surface area contributed by atoms with Gasteiger partial charge in [0.15, 0.2) is 0 Å². The fourth-order valence-electron chi connectivity index (χ4n) is 3.05. The molecular weight excluding hydrogens is 382 g/mol. The van der Waals surface area contributed by atoms with Crippen LogP contribution in [0.1, 0.15) is 31.9 Å². The predicted octanol–water partition coefficient (Wildman–Crippen LogP) is 4.23. The molecule has 0 unspecified atom stereocenters. The zero-order valence-corrected chi connectivity index (χ0v) is 17.2. The summed E-state index contributed by atoms with van der Waals surface area (Å²) in [5, 5.41) is 0.874. The molecule has 30 heavy (non-hydrogen) atoms. The number of nitrogens with zero attached hydrogens (tertiary/aromatic N) is 3. The summed E-state index contributed by atoms with van der Waals surface area (Å²) < 4.78 is 12.2. The normalized spacial score (nSPS) is 11.0. The van der Waals surface area contributed by atoms with Crippen molar-refractivity contribution in [2.45, 2.75) is 32.8 Å². The van der Waals surface area contributed by atoms with Gasteiger partial charge in [-0.3, -0.25) is 4.57 Å². The summed E-state index contributed by atoms with van der Waals surface area (Å²) in [5.41, 5.74) is 10.4. The highest BCUT2D eigenvalue weighted by Crippen LogP contribution is 2.23. The molecule has 1 aromatic heterocycles. The molecule has 3 aromatic rings. The van der Waals surface area contributed by atoms with Gasteiger partial charge < -0.3 is 15.0 Å². The smallest absolute Gasteiger partial charge is 0.422 e. The van der Waals surface area contributed by atoms with Crippen molar-refractivity contribution >= 4 is 28.7 Å². The fraction of sp³-hybridized carbons (Fsp3) is 0.261. The number of carbonyl (C=O) groups is 2. The number of esters is 1. The fourth-order valence-corrected chi connectivity index (χ4v) is 3.05. The van der Waals surface area contributed by atoms with Gasteiger partial charge in [-0.25, -0.2) is 9.59 Å². The van der Waals surface area contributed by atoms with E-state index in [-0.39, 0.29) is 12.3 Å². The van der Waals surface area contributed by atoms with Crippen molar-refractivity contribution in [3.05, 3.63) is 77.5 Å². The molecule has 0 bridgehead atoms. The summed E-state index contributed by atoms with van der Waals surface area (Å²) >= 11 is 0. The van der Waals surface area contributed by atoms with Crippen LogP contribution >= 0.6 is 0 Å². The summed E-state index contributed by atoms with van der Waals surface area (Å²) in [7, 11) is 0. The topological polar surface area (TPSA) is 93.9 Å². The molecule has 0 fully saturated rings. The zero-order valence-electron chi connectivity index (χ0n) is 17.2. The van der Waals surface area contributed by atoms with Gasteiger partial charge in [0.05, 0.1) is 17.7 Å². The molecule has 0 aliphatic carbocycles. The second kappa shape index (κ2) is 8.76. The molecule has 0 N–H and O–H groups in total. The number of fused-ring (bicyclic) bond motifs is 1. The number of hydrogen-bond acceptors (Lipinski definition) is 4. The number of aromatic nitrogens is 1. The van der Waals surface area contributed by atoms with E-state index in [0.717, 1.165) is 16.5 Å². The van der Waals surface area contributed by atoms with Crippen LogP contribution in [0.4, 0.5) is 4.79 Å². The molecule has 7 heteroatoms. The van der Waals surface area contributed by atoms with Gasteiger partial charge in [0, 0.05) is 18.0 Å². The first-order chi connectivity index (χ1) is 14.3. The SMILES string of the molecule is CC(C)(C)OC(=O)n1cc(CCOC(=O)C(=[N+]=[N-])c2ccccc2)c2ccccc21. The molecule has 3 rings (SSSR count). The average molecular weight is 405 g/mol. The first-order valence-corrected chi connectivity index (χ1v) is 9.57. The number of carbonyl (C=O) groups excluding carboxylic acids is 2. The lowest BCUT2D eigenvalue weighted by molar-refractivity contribution is -0.139. The Labute approximate surface area is 174 Å². The average Bonchev–Trinajstić information content (AvgIpc) is 3.07. The second-order valence-corrected chi connectivity index (χ2v) is 7.72. The molecule has 0 atom stereocenters. The van der Waals surface area contributed by atoms with Crippen LogP contribution < -0.4 is 0 Å². The maximum atomic E-state index is 12.6. The molecule has 1 heterocycles. The van der Waals surface area contributed by atoms with Crippen molar-refractivity contribution < 1.29 is 23.9 Å². The lowest BCUT2D eigenvalue weighted by Gasteiger charge is -2.19. The van der Waals surface area contributed by atoms with Gasteiger partial charge in [-0.15, -0.1) is 0 Å². The predicted molar refractivity (Wildman–Crippen MR) is 112 cm³/mol. The molecule has 7 nitrogen and oxygen atoms in total. The van der Waals surface area contributed by atoms with E-state index in [1.165, 1.54) is 4.57 Å². The Bertz CT molecular complexity index is 1120. The molecule has 0 spiro atoms. The Morgan fingerprint density at radius 1 is 1.03 bits per heavy atom. The van der Waals surface area contributed by atoms with Crippen LogP contribution in [-0.4, -0.2) is 39.3 Å². The third-order valence-electron chi connectivity index (χ3n) is 4.33. The van der Waals surface area contributed by atoms with E-state index >= 15 is 0 Å². The van der Waals surface area contributed by atoms with Gasteiger partial charge in [-0.2, -0.15) is 4.79 Å². The summed E-state index contributed by atoms with van der Waals surface area (Å²) in [6, 6.07) is 16.0. The van der Waals surface area contributed by atoms with Gasteiger partial charge >= 0.3 is 17.8 Å². The number of para-hydroxylation sites is 1. The van der Waals surface area contributed by atoms with Gasteiger partial charge in [0.2, 0.25) is 0 Å². The Morgan fingerprint density at radius 2 is 1.70 bits per heavy atom. The number of ether oxygens (including phenoxy) is 2. The molecule has 154 valence electrons. The minimum absolute atomic E-state index is 0.0625. The maximum absolute atomic E-state index is 12.6. The highest BCUT2D eigenvalue weighted by Gasteiger charge is 2.25. The molecule has 0 saturated carbocycles. The van der Waals surface area contributed by atoms with Crippen molar-refractivity contribution in [1.82, 2.24) is 4.57 Å². The summed E-state index contributed by atoms with van der Waals surface area (Å²) in [6.07, 6.45) is 1.61. The monoisotopic (exact) mass is 405 g/mol. The summed E-state index contributed by atoms with van der Waals surface area (Å²) in [4.78, 5) is 27.9. The van der Waals surface area contributed by atoms with Gasteiger partial charge in [0.1, 0.15) is 5.60 Å². The quantitative estimate of drug-likeness (QED) is 0.275. The third-order valence-corrected chi connectivity index (χ3v) is 4.33. The van der Waals surface area contributed by atoms with Crippen molar-refractivity contribution in [3.63, 3.8) is 0 Å². The van der Waals surface area contributed by atoms with E-state index in [2.05, 4.69) is 4.79 Å². The lowest BCUT2D eigenvalue weighted by Crippen LogP contribution is -2.26. The van der Waals surface area contributed by atoms with Crippen LogP contribution in [0.25, 0.3) is 16.4 Å². The number of hydrogen-bond donors (Lipinski definition) is 0. The molecule has 0 saturated heterocycles. The Balaban J connectivity index is 1.74. The van der Waals surface area contributed by atoms with E-state index in [1.807, 2.05) is 45.0 Å². The van der Waals surface area contributed by atoms with E-state index in [0.29, 0.717) is 12.0 Å². The largest absolute Gasteiger partial charge is 0.456 e. The highest BCUT2D eigenvalue weighted by atomic mass is 16.6. The lowest BCUT2D eigenvalue weighted by atomic mass is 10.1. The van der Waals surface area contributed by atoms with E-state index < -0.39 is 17.7 Å². The Morgan fingerprint density at radius 3 is 2.37 bits per heavy atom. The minimum Gasteiger partial charge on any atom is -0.456 e. The molecule has 0 aliphatic rings. The maximum Gasteiger partial charge on any atom is 0.422 e. The Hall–Kier alpha value is -3.70.